The second kappa shape index (κ2) is 6.08. The molecule has 0 spiro atoms. The number of carbonyl (C=O) groups excluding carboxylic acids is 1. The Morgan fingerprint density at radius 1 is 1.33 bits per heavy atom. The van der Waals surface area contributed by atoms with E-state index in [0.29, 0.717) is 24.6 Å². The summed E-state index contributed by atoms with van der Waals surface area (Å²) in [5, 5.41) is 3.75. The molecule has 0 fully saturated rings. The molecule has 0 aliphatic carbocycles. The third kappa shape index (κ3) is 3.29. The number of hydrogen-bond acceptors (Lipinski definition) is 4. The molecule has 0 N–H and O–H groups in total. The molecule has 110 valence electrons. The van der Waals surface area contributed by atoms with Gasteiger partial charge in [-0.2, -0.15) is 4.98 Å². The average molecular weight is 285 g/mol. The molecule has 1 aromatic carbocycles. The molecule has 3 rings (SSSR count). The number of fused-ring (bicyclic) bond motifs is 1. The molecule has 5 nitrogen and oxygen atoms in total. The van der Waals surface area contributed by atoms with E-state index in [2.05, 4.69) is 28.3 Å². The maximum atomic E-state index is 12.3. The van der Waals surface area contributed by atoms with E-state index in [1.165, 1.54) is 11.1 Å². The van der Waals surface area contributed by atoms with Gasteiger partial charge in [0.05, 0.1) is 0 Å². The lowest BCUT2D eigenvalue weighted by molar-refractivity contribution is -0.132. The van der Waals surface area contributed by atoms with Crippen LogP contribution in [0.4, 0.5) is 0 Å². The molecule has 0 bridgehead atoms. The summed E-state index contributed by atoms with van der Waals surface area (Å²) in [4.78, 5) is 18.4. The second-order valence-corrected chi connectivity index (χ2v) is 5.42. The fourth-order valence-corrected chi connectivity index (χ4v) is 2.70. The summed E-state index contributed by atoms with van der Waals surface area (Å²) < 4.78 is 5.05. The van der Waals surface area contributed by atoms with Gasteiger partial charge in [0.1, 0.15) is 0 Å². The van der Waals surface area contributed by atoms with E-state index in [4.69, 9.17) is 4.52 Å². The summed E-state index contributed by atoms with van der Waals surface area (Å²) in [5.41, 5.74) is 2.63. The van der Waals surface area contributed by atoms with Gasteiger partial charge in [-0.15, -0.1) is 0 Å². The highest BCUT2D eigenvalue weighted by Crippen LogP contribution is 2.19. The maximum Gasteiger partial charge on any atom is 0.226 e. The molecule has 0 saturated carbocycles. The van der Waals surface area contributed by atoms with Crippen LogP contribution < -0.4 is 0 Å². The molecular weight excluding hydrogens is 266 g/mol. The van der Waals surface area contributed by atoms with Gasteiger partial charge in [-0.25, -0.2) is 0 Å². The summed E-state index contributed by atoms with van der Waals surface area (Å²) in [5.74, 6) is 1.47. The summed E-state index contributed by atoms with van der Waals surface area (Å²) in [7, 11) is 0. The summed E-state index contributed by atoms with van der Waals surface area (Å²) in [6.07, 6.45) is 2.89. The minimum atomic E-state index is 0.209. The van der Waals surface area contributed by atoms with Crippen LogP contribution in [0.15, 0.2) is 28.8 Å². The predicted molar refractivity (Wildman–Crippen MR) is 77.5 cm³/mol. The molecule has 2 heterocycles. The van der Waals surface area contributed by atoms with Crippen molar-refractivity contribution in [1.29, 1.82) is 0 Å². The molecule has 1 aromatic heterocycles. The Morgan fingerprint density at radius 3 is 2.90 bits per heavy atom. The maximum absolute atomic E-state index is 12.3. The first-order valence-electron chi connectivity index (χ1n) is 7.36. The van der Waals surface area contributed by atoms with Crippen LogP contribution in [0, 0.1) is 6.92 Å². The van der Waals surface area contributed by atoms with Gasteiger partial charge in [0.15, 0.2) is 5.82 Å². The first-order chi connectivity index (χ1) is 10.2. The number of amides is 1. The lowest BCUT2D eigenvalue weighted by Crippen LogP contribution is -2.35. The van der Waals surface area contributed by atoms with E-state index in [-0.39, 0.29) is 5.91 Å². The van der Waals surface area contributed by atoms with Crippen molar-refractivity contribution in [1.82, 2.24) is 15.0 Å². The van der Waals surface area contributed by atoms with Crippen molar-refractivity contribution in [2.45, 2.75) is 39.2 Å². The van der Waals surface area contributed by atoms with Gasteiger partial charge in [-0.05, 0) is 30.9 Å². The van der Waals surface area contributed by atoms with E-state index in [1.807, 2.05) is 11.0 Å². The van der Waals surface area contributed by atoms with Crippen LogP contribution in [0.3, 0.4) is 0 Å². The van der Waals surface area contributed by atoms with Crippen LogP contribution in [-0.4, -0.2) is 27.5 Å². The van der Waals surface area contributed by atoms with E-state index < -0.39 is 0 Å². The first-order valence-corrected chi connectivity index (χ1v) is 7.36. The second-order valence-electron chi connectivity index (χ2n) is 5.42. The fraction of sp³-hybridized carbons (Fsp3) is 0.438. The van der Waals surface area contributed by atoms with Crippen molar-refractivity contribution < 1.29 is 9.32 Å². The molecule has 1 aliphatic heterocycles. The molecule has 1 aliphatic rings. The Morgan fingerprint density at radius 2 is 2.14 bits per heavy atom. The number of nitrogens with zero attached hydrogens (tertiary/aromatic N) is 3. The van der Waals surface area contributed by atoms with Crippen molar-refractivity contribution in [2.75, 3.05) is 6.54 Å². The minimum absolute atomic E-state index is 0.209. The fourth-order valence-electron chi connectivity index (χ4n) is 2.70. The third-order valence-electron chi connectivity index (χ3n) is 3.83. The normalized spacial score (nSPS) is 14.0. The van der Waals surface area contributed by atoms with Crippen molar-refractivity contribution in [3.05, 3.63) is 47.1 Å². The Kier molecular flexibility index (Phi) is 3.99. The van der Waals surface area contributed by atoms with Crippen LogP contribution in [0.25, 0.3) is 0 Å². The number of rotatable bonds is 4. The molecular formula is C16H19N3O2. The Hall–Kier alpha value is -2.17. The predicted octanol–water partition coefficient (Wildman–Crippen LogP) is 2.29. The van der Waals surface area contributed by atoms with Gasteiger partial charge >= 0.3 is 0 Å². The molecule has 0 radical (unpaired) electrons. The number of carbonyl (C=O) groups is 1. The monoisotopic (exact) mass is 285 g/mol. The van der Waals surface area contributed by atoms with Gasteiger partial charge in [-0.3, -0.25) is 4.79 Å². The lowest BCUT2D eigenvalue weighted by Gasteiger charge is -2.28. The van der Waals surface area contributed by atoms with Crippen LogP contribution in [0.1, 0.15) is 35.7 Å². The van der Waals surface area contributed by atoms with E-state index >= 15 is 0 Å². The topological polar surface area (TPSA) is 59.2 Å². The minimum Gasteiger partial charge on any atom is -0.339 e. The van der Waals surface area contributed by atoms with Gasteiger partial charge in [0, 0.05) is 25.9 Å². The largest absolute Gasteiger partial charge is 0.339 e. The van der Waals surface area contributed by atoms with Crippen LogP contribution in [-0.2, 0) is 24.2 Å². The van der Waals surface area contributed by atoms with Crippen molar-refractivity contribution in [3.63, 3.8) is 0 Å². The molecule has 1 amide bonds. The number of aromatic nitrogens is 2. The highest BCUT2D eigenvalue weighted by molar-refractivity contribution is 5.76. The van der Waals surface area contributed by atoms with Gasteiger partial charge in [0.2, 0.25) is 11.8 Å². The van der Waals surface area contributed by atoms with E-state index in [9.17, 15) is 4.79 Å². The molecule has 21 heavy (non-hydrogen) atoms. The van der Waals surface area contributed by atoms with Gasteiger partial charge in [-0.1, -0.05) is 29.4 Å². The smallest absolute Gasteiger partial charge is 0.226 e. The molecule has 5 heteroatoms. The quantitative estimate of drug-likeness (QED) is 0.864. The SMILES string of the molecule is Cc1noc(CCCC(=O)N2CCc3ccccc3C2)n1. The Bertz CT molecular complexity index is 636. The summed E-state index contributed by atoms with van der Waals surface area (Å²) in [6, 6.07) is 8.35. The van der Waals surface area contributed by atoms with Crippen molar-refractivity contribution in [2.24, 2.45) is 0 Å². The van der Waals surface area contributed by atoms with E-state index in [0.717, 1.165) is 25.9 Å². The highest BCUT2D eigenvalue weighted by Gasteiger charge is 2.20. The zero-order valence-corrected chi connectivity index (χ0v) is 12.2. The standard InChI is InChI=1S/C16H19N3O2/c1-12-17-15(21-18-12)7-4-8-16(20)19-10-9-13-5-2-3-6-14(13)11-19/h2-3,5-6H,4,7-11H2,1H3. The molecule has 0 saturated heterocycles. The first kappa shape index (κ1) is 13.8. The van der Waals surface area contributed by atoms with E-state index in [1.54, 1.807) is 6.92 Å². The summed E-state index contributed by atoms with van der Waals surface area (Å²) >= 11 is 0. The lowest BCUT2D eigenvalue weighted by atomic mass is 9.99. The average Bonchev–Trinajstić information content (AvgIpc) is 2.92. The van der Waals surface area contributed by atoms with Crippen LogP contribution in [0.2, 0.25) is 0 Å². The number of benzene rings is 1. The molecule has 0 atom stereocenters. The van der Waals surface area contributed by atoms with Crippen molar-refractivity contribution >= 4 is 5.91 Å². The Balaban J connectivity index is 1.50. The van der Waals surface area contributed by atoms with Gasteiger partial charge in [0.25, 0.3) is 0 Å². The van der Waals surface area contributed by atoms with Crippen LogP contribution >= 0.6 is 0 Å². The Labute approximate surface area is 124 Å². The number of aryl methyl sites for hydroxylation is 2. The number of hydrogen-bond donors (Lipinski definition) is 0. The van der Waals surface area contributed by atoms with Crippen LogP contribution in [0.5, 0.6) is 0 Å². The van der Waals surface area contributed by atoms with Crippen molar-refractivity contribution in [3.8, 4) is 0 Å². The molecule has 0 unspecified atom stereocenters. The zero-order chi connectivity index (χ0) is 14.7. The summed E-state index contributed by atoms with van der Waals surface area (Å²) in [6.45, 7) is 3.34. The third-order valence-corrected chi connectivity index (χ3v) is 3.83. The molecule has 2 aromatic rings. The zero-order valence-electron chi connectivity index (χ0n) is 12.2. The van der Waals surface area contributed by atoms with Gasteiger partial charge < -0.3 is 9.42 Å². The highest BCUT2D eigenvalue weighted by atomic mass is 16.5.